The van der Waals surface area contributed by atoms with Gasteiger partial charge in [-0.25, -0.2) is 0 Å². The average molecular weight is 1210 g/mol. The standard InChI is InChI=1S/C9H10N2O.C9H11N.C9H17N.C9H11N.C8H15N.2C8H9N.2C7H12N2O/c12-9-6-10-5-7-3-1-2-4-8(7)11-9;1-2-6-9-8(4-1)5-3-7-10-9;2*1-2-4-9-7-10-6-5-8(9)3-1;1-2-8-4-3-7(1)5-9-6-8;1-2-4-8-6-9-5-7(8)3-1;1-2-4-8-7(3-1)5-6-9-8;1-5-4-10-7-3-8-2-6(7)9-5;10-7-2-1-6-5-8-3-4-9(6)7/h1-4,10H,5-6H2,(H,11,12);1-2,4,6,10H,3,5,7H2;8-10H,1-7H2;1-4,10H,5-7H2;7-9H,1-6H2;2*1-4,9H,5-6H2;6-9H,1-4H2;6,8H,1-5H2. The molecule has 2 saturated carbocycles. The van der Waals surface area contributed by atoms with Gasteiger partial charge in [0.25, 0.3) is 0 Å². The molecule has 5 unspecified atom stereocenters. The van der Waals surface area contributed by atoms with Crippen LogP contribution in [0.1, 0.15) is 116 Å². The summed E-state index contributed by atoms with van der Waals surface area (Å²) in [6.45, 7) is 22.2. The lowest BCUT2D eigenvalue weighted by Crippen LogP contribution is -2.49. The first-order chi connectivity index (χ1) is 43.9. The molecule has 0 aromatic heterocycles. The highest BCUT2D eigenvalue weighted by molar-refractivity contribution is 5.93. The number of amides is 2. The van der Waals surface area contributed by atoms with Gasteiger partial charge in [-0.3, -0.25) is 9.59 Å². The van der Waals surface area contributed by atoms with Gasteiger partial charge in [0.05, 0.1) is 25.3 Å². The van der Waals surface area contributed by atoms with Gasteiger partial charge < -0.3 is 68.1 Å². The molecule has 2 amide bonds. The van der Waals surface area contributed by atoms with Crippen LogP contribution in [0.25, 0.3) is 0 Å². The van der Waals surface area contributed by atoms with Gasteiger partial charge in [0.1, 0.15) is 0 Å². The Balaban J connectivity index is 0.000000110. The number of aryl methyl sites for hydroxylation is 1. The molecule has 12 heterocycles. The zero-order valence-corrected chi connectivity index (χ0v) is 53.3. The van der Waals surface area contributed by atoms with E-state index < -0.39 is 0 Å². The number of piperazine rings is 1. The van der Waals surface area contributed by atoms with E-state index in [0.717, 1.165) is 132 Å². The van der Waals surface area contributed by atoms with E-state index >= 15 is 0 Å². The lowest BCUT2D eigenvalue weighted by Gasteiger charge is -2.35. The zero-order valence-electron chi connectivity index (χ0n) is 53.3. The molecular weight excluding hydrogens is 1100 g/mol. The van der Waals surface area contributed by atoms with Crippen molar-refractivity contribution >= 4 is 28.9 Å². The number of para-hydroxylation sites is 3. The molecule has 15 nitrogen and oxygen atoms in total. The van der Waals surface area contributed by atoms with Crippen molar-refractivity contribution in [2.24, 2.45) is 23.7 Å². The van der Waals surface area contributed by atoms with E-state index in [9.17, 15) is 9.59 Å². The van der Waals surface area contributed by atoms with E-state index in [4.69, 9.17) is 4.74 Å². The fourth-order valence-electron chi connectivity index (χ4n) is 14.5. The van der Waals surface area contributed by atoms with Crippen LogP contribution < -0.4 is 58.5 Å². The smallest absolute Gasteiger partial charge is 0.238 e. The number of anilines is 3. The van der Waals surface area contributed by atoms with Gasteiger partial charge in [-0.2, -0.15) is 0 Å². The fraction of sp³-hybridized carbons (Fsp3) is 0.541. The van der Waals surface area contributed by atoms with Crippen molar-refractivity contribution in [1.82, 2.24) is 47.4 Å². The van der Waals surface area contributed by atoms with Crippen LogP contribution in [-0.2, 0) is 59.8 Å². The number of fused-ring (bicyclic) bond motifs is 12. The minimum absolute atomic E-state index is 0.0277. The third-order valence-electron chi connectivity index (χ3n) is 19.7. The predicted molar refractivity (Wildman–Crippen MR) is 365 cm³/mol. The van der Waals surface area contributed by atoms with Crippen LogP contribution in [0, 0.1) is 23.7 Å². The highest BCUT2D eigenvalue weighted by atomic mass is 16.5. The second-order valence-corrected chi connectivity index (χ2v) is 26.1. The maximum absolute atomic E-state index is 11.1. The Morgan fingerprint density at radius 3 is 1.66 bits per heavy atom. The maximum Gasteiger partial charge on any atom is 0.238 e. The van der Waals surface area contributed by atoms with E-state index in [1.807, 2.05) is 29.2 Å². The molecule has 89 heavy (non-hydrogen) atoms. The number of carbonyl (C=O) groups is 2. The molecule has 7 saturated heterocycles. The minimum Gasteiger partial charge on any atom is -0.385 e. The molecule has 5 aromatic carbocycles. The van der Waals surface area contributed by atoms with E-state index in [2.05, 4.69) is 162 Å². The van der Waals surface area contributed by atoms with Crippen LogP contribution in [-0.4, -0.2) is 127 Å². The van der Waals surface area contributed by atoms with E-state index in [1.54, 1.807) is 0 Å². The summed E-state index contributed by atoms with van der Waals surface area (Å²) in [7, 11) is 0. The molecule has 11 N–H and O–H groups in total. The maximum atomic E-state index is 11.1. The van der Waals surface area contributed by atoms with Crippen molar-refractivity contribution in [1.29, 1.82) is 0 Å². The first-order valence-electron chi connectivity index (χ1n) is 34.3. The number of morpholine rings is 1. The molecule has 12 aliphatic heterocycles. The summed E-state index contributed by atoms with van der Waals surface area (Å²) in [5, 5.41) is 36.0. The van der Waals surface area contributed by atoms with Gasteiger partial charge in [0.2, 0.25) is 11.8 Å². The summed E-state index contributed by atoms with van der Waals surface area (Å²) >= 11 is 0. The molecule has 0 spiro atoms. The van der Waals surface area contributed by atoms with Crippen LogP contribution in [0.5, 0.6) is 0 Å². The molecule has 9 fully saturated rings. The van der Waals surface area contributed by atoms with Crippen LogP contribution in [0.4, 0.5) is 17.1 Å². The SMILES string of the molecule is C1CC2CCC1CNC2.C1CCC2CNCCC2C1.C=C1COC2CNCC2N1.O=C1CCC2CNCCN12.O=C1CNCc2ccccc2N1.c1ccc2c(c1)CCCN2.c1ccc2c(c1)CCN2.c1ccc2c(c1)CCNC2.c1ccc2c(c1)CNC2. The highest BCUT2D eigenvalue weighted by Gasteiger charge is 2.33. The molecule has 480 valence electrons. The zero-order chi connectivity index (χ0) is 61.1. The van der Waals surface area contributed by atoms with Crippen LogP contribution >= 0.6 is 0 Å². The van der Waals surface area contributed by atoms with Crippen LogP contribution in [0.15, 0.2) is 134 Å². The molecule has 5 aromatic rings. The van der Waals surface area contributed by atoms with Crippen molar-refractivity contribution in [2.45, 2.75) is 141 Å². The predicted octanol–water partition coefficient (Wildman–Crippen LogP) is 9.27. The van der Waals surface area contributed by atoms with Crippen LogP contribution in [0.3, 0.4) is 0 Å². The van der Waals surface area contributed by atoms with Crippen molar-refractivity contribution in [2.75, 3.05) is 108 Å². The summed E-state index contributed by atoms with van der Waals surface area (Å²) in [5.41, 5.74) is 14.5. The Hall–Kier alpha value is -6.14. The normalized spacial score (nSPS) is 25.8. The molecular formula is C74H106N12O3. The second kappa shape index (κ2) is 36.0. The highest BCUT2D eigenvalue weighted by Crippen LogP contribution is 2.34. The topological polar surface area (TPSA) is 179 Å². The van der Waals surface area contributed by atoms with Crippen molar-refractivity contribution < 1.29 is 14.3 Å². The van der Waals surface area contributed by atoms with Crippen LogP contribution in [0.2, 0.25) is 0 Å². The molecule has 14 aliphatic rings. The first kappa shape index (κ1) is 65.8. The number of nitrogens with zero attached hydrogens (tertiary/aromatic N) is 1. The molecule has 2 aliphatic carbocycles. The monoisotopic (exact) mass is 1210 g/mol. The Kier molecular flexibility index (Phi) is 26.6. The average Bonchev–Trinajstić information content (AvgIpc) is 4.24. The van der Waals surface area contributed by atoms with Gasteiger partial charge in [-0.05, 0) is 184 Å². The lowest BCUT2D eigenvalue weighted by atomic mass is 9.76. The van der Waals surface area contributed by atoms with E-state index in [1.165, 1.54) is 154 Å². The Morgan fingerprint density at radius 1 is 0.416 bits per heavy atom. The van der Waals surface area contributed by atoms with Gasteiger partial charge >= 0.3 is 0 Å². The Bertz CT molecular complexity index is 2710. The number of benzene rings is 5. The molecule has 5 atom stereocenters. The quantitative estimate of drug-likeness (QED) is 0.0708. The van der Waals surface area contributed by atoms with Crippen molar-refractivity contribution in [3.63, 3.8) is 0 Å². The Morgan fingerprint density at radius 2 is 0.978 bits per heavy atom. The molecule has 15 heteroatoms. The second-order valence-electron chi connectivity index (χ2n) is 26.1. The third-order valence-corrected chi connectivity index (χ3v) is 19.7. The number of piperidine rings is 1. The summed E-state index contributed by atoms with van der Waals surface area (Å²) in [4.78, 5) is 24.2. The van der Waals surface area contributed by atoms with Gasteiger partial charge in [0.15, 0.2) is 0 Å². The van der Waals surface area contributed by atoms with E-state index in [0.29, 0.717) is 37.2 Å². The number of nitrogens with one attached hydrogen (secondary N) is 11. The summed E-state index contributed by atoms with van der Waals surface area (Å²) in [6.07, 6.45) is 20.5. The Labute approximate surface area is 532 Å². The van der Waals surface area contributed by atoms with Gasteiger partial charge in [-0.15, -0.1) is 0 Å². The number of hydrogen-bond acceptors (Lipinski definition) is 13. The summed E-state index contributed by atoms with van der Waals surface area (Å²) in [6, 6.07) is 42.9. The number of ether oxygens (including phenoxy) is 1. The number of hydrogen-bond donors (Lipinski definition) is 11. The first-order valence-corrected chi connectivity index (χ1v) is 34.3. The third kappa shape index (κ3) is 21.0. The number of carbonyl (C=O) groups excluding carboxylic acids is 2. The van der Waals surface area contributed by atoms with E-state index in [-0.39, 0.29) is 5.91 Å². The minimum atomic E-state index is 0.0277. The molecule has 19 rings (SSSR count). The van der Waals surface area contributed by atoms with Crippen molar-refractivity contribution in [3.8, 4) is 0 Å². The van der Waals surface area contributed by atoms with Crippen molar-refractivity contribution in [3.05, 3.63) is 173 Å². The van der Waals surface area contributed by atoms with Gasteiger partial charge in [-0.1, -0.05) is 129 Å². The largest absolute Gasteiger partial charge is 0.385 e. The number of rotatable bonds is 0. The lowest BCUT2D eigenvalue weighted by molar-refractivity contribution is -0.129. The summed E-state index contributed by atoms with van der Waals surface area (Å²) < 4.78 is 5.49. The summed E-state index contributed by atoms with van der Waals surface area (Å²) in [5.74, 6) is 4.58. The molecule has 2 bridgehead atoms. The molecule has 0 radical (unpaired) electrons. The fourth-order valence-corrected chi connectivity index (χ4v) is 14.5. The van der Waals surface area contributed by atoms with Gasteiger partial charge in [0, 0.05) is 107 Å².